The maximum atomic E-state index is 9.60. The molecule has 0 saturated carbocycles. The van der Waals surface area contributed by atoms with Gasteiger partial charge in [0.05, 0.1) is 12.8 Å². The molecular weight excluding hydrogens is 192 g/mol. The predicted molar refractivity (Wildman–Crippen MR) is 45.9 cm³/mol. The minimum Gasteiger partial charge on any atom is -0.481 e. The number of hydrogen-bond donors (Lipinski definition) is 2. The van der Waals surface area contributed by atoms with Crippen molar-refractivity contribution < 1.29 is 29.4 Å². The largest absolute Gasteiger partial charge is 0.481 e. The SMILES string of the molecule is O=CCCC(=O)O.O=CCCC(=O)O. The van der Waals surface area contributed by atoms with Crippen molar-refractivity contribution in [1.82, 2.24) is 0 Å². The number of aliphatic carboxylic acids is 2. The Morgan fingerprint density at radius 1 is 0.857 bits per heavy atom. The van der Waals surface area contributed by atoms with E-state index in [-0.39, 0.29) is 25.7 Å². The second-order valence-electron chi connectivity index (χ2n) is 2.20. The molecule has 6 heteroatoms. The second-order valence-corrected chi connectivity index (χ2v) is 2.20. The molecule has 6 nitrogen and oxygen atoms in total. The lowest BCUT2D eigenvalue weighted by Crippen LogP contribution is -1.93. The minimum absolute atomic E-state index is 0.0521. The highest BCUT2D eigenvalue weighted by molar-refractivity contribution is 5.70. The van der Waals surface area contributed by atoms with Gasteiger partial charge in [0.2, 0.25) is 0 Å². The Bertz CT molecular complexity index is 176. The van der Waals surface area contributed by atoms with Crippen LogP contribution in [0.15, 0.2) is 0 Å². The quantitative estimate of drug-likeness (QED) is 0.594. The van der Waals surface area contributed by atoms with Gasteiger partial charge >= 0.3 is 11.9 Å². The highest BCUT2D eigenvalue weighted by atomic mass is 16.4. The first-order valence-electron chi connectivity index (χ1n) is 3.85. The second kappa shape index (κ2) is 11.3. The molecule has 0 heterocycles. The van der Waals surface area contributed by atoms with Crippen molar-refractivity contribution in [2.45, 2.75) is 25.7 Å². The third-order valence-corrected chi connectivity index (χ3v) is 0.952. The number of rotatable bonds is 6. The number of aldehydes is 2. The Hall–Kier alpha value is -1.72. The molecule has 0 amide bonds. The molecule has 14 heavy (non-hydrogen) atoms. The molecule has 0 unspecified atom stereocenters. The smallest absolute Gasteiger partial charge is 0.303 e. The van der Waals surface area contributed by atoms with Gasteiger partial charge in [-0.2, -0.15) is 0 Å². The van der Waals surface area contributed by atoms with Gasteiger partial charge < -0.3 is 19.8 Å². The van der Waals surface area contributed by atoms with Crippen molar-refractivity contribution in [2.75, 3.05) is 0 Å². The van der Waals surface area contributed by atoms with Gasteiger partial charge in [-0.25, -0.2) is 0 Å². The number of carboxylic acids is 2. The molecule has 2 N–H and O–H groups in total. The van der Waals surface area contributed by atoms with E-state index in [1.54, 1.807) is 0 Å². The predicted octanol–water partition coefficient (Wildman–Crippen LogP) is 0.100. The van der Waals surface area contributed by atoms with E-state index in [1.807, 2.05) is 0 Å². The Labute approximate surface area is 80.5 Å². The maximum absolute atomic E-state index is 9.60. The van der Waals surface area contributed by atoms with E-state index >= 15 is 0 Å². The first-order valence-corrected chi connectivity index (χ1v) is 3.85. The van der Waals surface area contributed by atoms with Crippen LogP contribution in [0.5, 0.6) is 0 Å². The Kier molecular flexibility index (Phi) is 11.9. The third kappa shape index (κ3) is 22.4. The molecule has 0 aliphatic carbocycles. The number of carboxylic acid groups (broad SMARTS) is 2. The third-order valence-electron chi connectivity index (χ3n) is 0.952. The average molecular weight is 204 g/mol. The van der Waals surface area contributed by atoms with Crippen LogP contribution in [-0.4, -0.2) is 34.7 Å². The topological polar surface area (TPSA) is 109 Å². The molecule has 0 aromatic rings. The zero-order chi connectivity index (χ0) is 11.4. The van der Waals surface area contributed by atoms with E-state index in [2.05, 4.69) is 0 Å². The molecule has 0 bridgehead atoms. The van der Waals surface area contributed by atoms with E-state index in [0.717, 1.165) is 0 Å². The summed E-state index contributed by atoms with van der Waals surface area (Å²) in [7, 11) is 0. The van der Waals surface area contributed by atoms with Crippen LogP contribution in [0.1, 0.15) is 25.7 Å². The lowest BCUT2D eigenvalue weighted by molar-refractivity contribution is -0.138. The van der Waals surface area contributed by atoms with Crippen molar-refractivity contribution in [3.8, 4) is 0 Å². The fourth-order valence-electron chi connectivity index (χ4n) is 0.365. The maximum Gasteiger partial charge on any atom is 0.303 e. The Balaban J connectivity index is 0. The highest BCUT2D eigenvalue weighted by Gasteiger charge is 1.91. The molecule has 0 aliphatic rings. The Morgan fingerprint density at radius 3 is 1.21 bits per heavy atom. The van der Waals surface area contributed by atoms with Crippen LogP contribution in [0.2, 0.25) is 0 Å². The summed E-state index contributed by atoms with van der Waals surface area (Å²) in [6.45, 7) is 0. The van der Waals surface area contributed by atoms with Crippen LogP contribution in [0.25, 0.3) is 0 Å². The molecule has 0 spiro atoms. The molecule has 0 radical (unpaired) electrons. The van der Waals surface area contributed by atoms with Crippen molar-refractivity contribution in [1.29, 1.82) is 0 Å². The van der Waals surface area contributed by atoms with Crippen molar-refractivity contribution in [3.63, 3.8) is 0 Å². The first kappa shape index (κ1) is 14.8. The monoisotopic (exact) mass is 204 g/mol. The van der Waals surface area contributed by atoms with Crippen LogP contribution in [-0.2, 0) is 19.2 Å². The number of hydrogen-bond acceptors (Lipinski definition) is 4. The fourth-order valence-corrected chi connectivity index (χ4v) is 0.365. The molecule has 80 valence electrons. The zero-order valence-electron chi connectivity index (χ0n) is 7.51. The van der Waals surface area contributed by atoms with Gasteiger partial charge in [-0.3, -0.25) is 9.59 Å². The van der Waals surface area contributed by atoms with Crippen molar-refractivity contribution in [3.05, 3.63) is 0 Å². The number of carbonyl (C=O) groups is 4. The van der Waals surface area contributed by atoms with Gasteiger partial charge in [-0.1, -0.05) is 0 Å². The van der Waals surface area contributed by atoms with E-state index in [4.69, 9.17) is 10.2 Å². The molecule has 0 aromatic carbocycles. The van der Waals surface area contributed by atoms with Gasteiger partial charge in [-0.15, -0.1) is 0 Å². The minimum atomic E-state index is -0.924. The molecule has 0 atom stereocenters. The van der Waals surface area contributed by atoms with Crippen molar-refractivity contribution in [2.24, 2.45) is 0 Å². The van der Waals surface area contributed by atoms with Crippen molar-refractivity contribution >= 4 is 24.5 Å². The van der Waals surface area contributed by atoms with E-state index in [0.29, 0.717) is 12.6 Å². The average Bonchev–Trinajstić information content (AvgIpc) is 2.12. The molecule has 0 aromatic heterocycles. The highest BCUT2D eigenvalue weighted by Crippen LogP contribution is 1.81. The van der Waals surface area contributed by atoms with Gasteiger partial charge in [0.25, 0.3) is 0 Å². The fraction of sp³-hybridized carbons (Fsp3) is 0.500. The summed E-state index contributed by atoms with van der Waals surface area (Å²) in [6.07, 6.45) is 1.32. The summed E-state index contributed by atoms with van der Waals surface area (Å²) in [6, 6.07) is 0. The van der Waals surface area contributed by atoms with Crippen LogP contribution in [0.4, 0.5) is 0 Å². The lowest BCUT2D eigenvalue weighted by Gasteiger charge is -1.79. The molecule has 0 fully saturated rings. The van der Waals surface area contributed by atoms with Gasteiger partial charge in [0, 0.05) is 12.8 Å². The molecule has 0 aliphatic heterocycles. The normalized spacial score (nSPS) is 8.00. The molecule has 0 saturated heterocycles. The van der Waals surface area contributed by atoms with E-state index in [9.17, 15) is 19.2 Å². The van der Waals surface area contributed by atoms with Gasteiger partial charge in [0.1, 0.15) is 12.6 Å². The van der Waals surface area contributed by atoms with Crippen LogP contribution in [0, 0.1) is 0 Å². The zero-order valence-corrected chi connectivity index (χ0v) is 7.51. The molecular formula is C8H12O6. The summed E-state index contributed by atoms with van der Waals surface area (Å²) in [5.74, 6) is -1.85. The van der Waals surface area contributed by atoms with Crippen LogP contribution in [0.3, 0.4) is 0 Å². The summed E-state index contributed by atoms with van der Waals surface area (Å²) in [5.41, 5.74) is 0. The van der Waals surface area contributed by atoms with Crippen LogP contribution >= 0.6 is 0 Å². The van der Waals surface area contributed by atoms with E-state index < -0.39 is 11.9 Å². The van der Waals surface area contributed by atoms with E-state index in [1.165, 1.54) is 0 Å². The standard InChI is InChI=1S/2C4H6O3/c2*5-3-1-2-4(6)7/h2*3H,1-2H2,(H,6,7). The van der Waals surface area contributed by atoms with Gasteiger partial charge in [0.15, 0.2) is 0 Å². The summed E-state index contributed by atoms with van der Waals surface area (Å²) < 4.78 is 0. The first-order chi connectivity index (χ1) is 6.54. The molecule has 0 rings (SSSR count). The number of carbonyl (C=O) groups excluding carboxylic acids is 2. The Morgan fingerprint density at radius 2 is 1.14 bits per heavy atom. The lowest BCUT2D eigenvalue weighted by atomic mass is 10.3. The summed E-state index contributed by atoms with van der Waals surface area (Å²) in [4.78, 5) is 38.1. The van der Waals surface area contributed by atoms with Crippen LogP contribution < -0.4 is 0 Å². The van der Waals surface area contributed by atoms with Gasteiger partial charge in [-0.05, 0) is 0 Å². The summed E-state index contributed by atoms with van der Waals surface area (Å²) >= 11 is 0. The summed E-state index contributed by atoms with van der Waals surface area (Å²) in [5, 5.41) is 15.8.